The highest BCUT2D eigenvalue weighted by Gasteiger charge is 2.00. The lowest BCUT2D eigenvalue weighted by molar-refractivity contribution is -0.305. The second-order valence-electron chi connectivity index (χ2n) is 2.77. The number of hydrogen-bond donors (Lipinski definition) is 0. The van der Waals surface area contributed by atoms with Gasteiger partial charge in [-0.05, 0) is 6.42 Å². The Morgan fingerprint density at radius 2 is 1.57 bits per heavy atom. The Bertz CT molecular complexity index is 152. The largest absolute Gasteiger partial charge is 0.550 e. The molecule has 14 heavy (non-hydrogen) atoms. The van der Waals surface area contributed by atoms with Crippen LogP contribution in [0.25, 0.3) is 0 Å². The Labute approximate surface area is 85.3 Å². The minimum Gasteiger partial charge on any atom is -0.550 e. The van der Waals surface area contributed by atoms with Crippen LogP contribution in [0.3, 0.4) is 0 Å². The van der Waals surface area contributed by atoms with Gasteiger partial charge in [-0.2, -0.15) is 0 Å². The number of hydrogen-bond acceptors (Lipinski definition) is 4. The third-order valence-electron chi connectivity index (χ3n) is 1.26. The fourth-order valence-corrected chi connectivity index (χ4v) is 0.385. The van der Waals surface area contributed by atoms with Gasteiger partial charge in [0.05, 0.1) is 19.0 Å². The molecule has 0 heterocycles. The molecule has 4 heteroatoms. The lowest BCUT2D eigenvalue weighted by Crippen LogP contribution is -2.26. The lowest BCUT2D eigenvalue weighted by Gasteiger charge is -2.02. The normalized spacial score (nSPS) is 8.50. The highest BCUT2D eigenvalue weighted by Crippen LogP contribution is 1.86. The molecule has 0 aliphatic carbocycles. The molecule has 0 spiro atoms. The smallest absolute Gasteiger partial charge is 0.311 e. The molecule has 0 N–H and O–H groups in total. The lowest BCUT2D eigenvalue weighted by atomic mass is 10.4. The second-order valence-corrected chi connectivity index (χ2v) is 2.77. The van der Waals surface area contributed by atoms with E-state index in [0.29, 0.717) is 6.42 Å². The summed E-state index contributed by atoms with van der Waals surface area (Å²) in [5.74, 6) is -2.14. The summed E-state index contributed by atoms with van der Waals surface area (Å²) in [6, 6.07) is 0. The number of carboxylic acid groups (broad SMARTS) is 1. The maximum Gasteiger partial charge on any atom is 0.311 e. The van der Waals surface area contributed by atoms with E-state index in [-0.39, 0.29) is 6.61 Å². The zero-order valence-corrected chi connectivity index (χ0v) is 9.17. The van der Waals surface area contributed by atoms with Crippen molar-refractivity contribution in [1.82, 2.24) is 0 Å². The number of carbonyl (C=O) groups is 2. The molecule has 0 atom stereocenters. The monoisotopic (exact) mass is 203 g/mol. The fourth-order valence-electron chi connectivity index (χ4n) is 0.385. The van der Waals surface area contributed by atoms with Crippen molar-refractivity contribution >= 4 is 11.9 Å². The Balaban J connectivity index is 0. The van der Waals surface area contributed by atoms with Crippen molar-refractivity contribution in [3.8, 4) is 0 Å². The van der Waals surface area contributed by atoms with Gasteiger partial charge in [0, 0.05) is 0 Å². The maximum absolute atomic E-state index is 10.4. The minimum atomic E-state index is -1.40. The van der Waals surface area contributed by atoms with Gasteiger partial charge in [-0.3, -0.25) is 4.79 Å². The first-order valence-corrected chi connectivity index (χ1v) is 4.93. The van der Waals surface area contributed by atoms with Crippen molar-refractivity contribution in [1.29, 1.82) is 0 Å². The highest BCUT2D eigenvalue weighted by atomic mass is 16.5. The summed E-state index contributed by atoms with van der Waals surface area (Å²) >= 11 is 0. The van der Waals surface area contributed by atoms with E-state index in [2.05, 4.69) is 18.6 Å². The number of rotatable bonds is 5. The summed E-state index contributed by atoms with van der Waals surface area (Å²) < 4.78 is 4.44. The number of esters is 1. The van der Waals surface area contributed by atoms with Crippen LogP contribution in [0.1, 0.15) is 46.5 Å². The Hall–Kier alpha value is -1.06. The van der Waals surface area contributed by atoms with Crippen molar-refractivity contribution < 1.29 is 19.4 Å². The predicted octanol–water partition coefficient (Wildman–Crippen LogP) is 0.886. The molecule has 0 saturated heterocycles. The maximum atomic E-state index is 10.4. The summed E-state index contributed by atoms with van der Waals surface area (Å²) in [6.45, 7) is 6.46. The van der Waals surface area contributed by atoms with E-state index >= 15 is 0 Å². The zero-order chi connectivity index (χ0) is 11.4. The molecule has 0 rings (SSSR count). The molecule has 0 aromatic rings. The van der Waals surface area contributed by atoms with E-state index < -0.39 is 18.4 Å². The van der Waals surface area contributed by atoms with Crippen molar-refractivity contribution in [2.75, 3.05) is 6.61 Å². The van der Waals surface area contributed by atoms with Crippen molar-refractivity contribution in [2.24, 2.45) is 0 Å². The van der Waals surface area contributed by atoms with Gasteiger partial charge >= 0.3 is 5.97 Å². The average molecular weight is 203 g/mol. The first-order valence-electron chi connectivity index (χ1n) is 4.93. The highest BCUT2D eigenvalue weighted by molar-refractivity contribution is 5.88. The van der Waals surface area contributed by atoms with Crippen molar-refractivity contribution in [3.63, 3.8) is 0 Å². The van der Waals surface area contributed by atoms with E-state index in [1.54, 1.807) is 0 Å². The van der Waals surface area contributed by atoms with Crippen LogP contribution in [0, 0.1) is 0 Å². The van der Waals surface area contributed by atoms with Gasteiger partial charge in [0.15, 0.2) is 0 Å². The molecule has 0 unspecified atom stereocenters. The third-order valence-corrected chi connectivity index (χ3v) is 1.26. The van der Waals surface area contributed by atoms with E-state index in [1.165, 1.54) is 12.8 Å². The van der Waals surface area contributed by atoms with Crippen LogP contribution >= 0.6 is 0 Å². The number of aliphatic carboxylic acids is 1. The van der Waals surface area contributed by atoms with E-state index in [9.17, 15) is 14.7 Å². The minimum absolute atomic E-state index is 0.270. The molecule has 0 amide bonds. The van der Waals surface area contributed by atoms with Gasteiger partial charge in [-0.15, -0.1) is 0 Å². The second kappa shape index (κ2) is 11.9. The Morgan fingerprint density at radius 1 is 1.07 bits per heavy atom. The number of carboxylic acids is 1. The fraction of sp³-hybridized carbons (Fsp3) is 0.800. The molecule has 0 aliphatic heterocycles. The molecule has 0 bridgehead atoms. The molecule has 0 aliphatic rings. The molecule has 4 nitrogen and oxygen atoms in total. The third kappa shape index (κ3) is 17.1. The van der Waals surface area contributed by atoms with Crippen LogP contribution in [0.2, 0.25) is 0 Å². The molecule has 0 fully saturated rings. The van der Waals surface area contributed by atoms with Crippen LogP contribution in [0.5, 0.6) is 0 Å². The van der Waals surface area contributed by atoms with Crippen LogP contribution in [0.4, 0.5) is 0 Å². The number of carbonyl (C=O) groups excluding carboxylic acids is 2. The van der Waals surface area contributed by atoms with Gasteiger partial charge in [-0.25, -0.2) is 0 Å². The number of ether oxygens (including phenoxy) is 1. The van der Waals surface area contributed by atoms with Crippen molar-refractivity contribution in [2.45, 2.75) is 46.5 Å². The van der Waals surface area contributed by atoms with Gasteiger partial charge in [-0.1, -0.05) is 33.6 Å². The summed E-state index contributed by atoms with van der Waals surface area (Å²) in [6.07, 6.45) is 2.68. The predicted molar refractivity (Wildman–Crippen MR) is 51.5 cm³/mol. The van der Waals surface area contributed by atoms with Gasteiger partial charge in [0.1, 0.15) is 0 Å². The summed E-state index contributed by atoms with van der Waals surface area (Å²) in [4.78, 5) is 20.1. The van der Waals surface area contributed by atoms with Gasteiger partial charge < -0.3 is 14.6 Å². The van der Waals surface area contributed by atoms with E-state index in [4.69, 9.17) is 0 Å². The molecule has 84 valence electrons. The Kier molecular flexibility index (Phi) is 13.1. The van der Waals surface area contributed by atoms with Crippen LogP contribution in [-0.4, -0.2) is 18.5 Å². The van der Waals surface area contributed by atoms with Crippen molar-refractivity contribution in [3.05, 3.63) is 0 Å². The Morgan fingerprint density at radius 3 is 1.86 bits per heavy atom. The van der Waals surface area contributed by atoms with Crippen LogP contribution in [0.15, 0.2) is 0 Å². The van der Waals surface area contributed by atoms with Crippen LogP contribution in [-0.2, 0) is 14.3 Å². The van der Waals surface area contributed by atoms with Gasteiger partial charge in [0.25, 0.3) is 0 Å². The molecule has 0 radical (unpaired) electrons. The molecule has 0 aromatic carbocycles. The zero-order valence-electron chi connectivity index (χ0n) is 9.17. The average Bonchev–Trinajstić information content (AvgIpc) is 2.14. The SMILES string of the molecule is CCCC.CCCOC(=O)CC(=O)[O-]. The number of unbranched alkanes of at least 4 members (excludes halogenated alkanes) is 1. The topological polar surface area (TPSA) is 66.4 Å². The van der Waals surface area contributed by atoms with Crippen LogP contribution < -0.4 is 5.11 Å². The first-order chi connectivity index (χ1) is 6.58. The first kappa shape index (κ1) is 15.4. The van der Waals surface area contributed by atoms with Gasteiger partial charge in [0.2, 0.25) is 0 Å². The quantitative estimate of drug-likeness (QED) is 0.491. The van der Waals surface area contributed by atoms with E-state index in [1.807, 2.05) is 6.92 Å². The summed E-state index contributed by atoms with van der Waals surface area (Å²) in [5.41, 5.74) is 0. The van der Waals surface area contributed by atoms with E-state index in [0.717, 1.165) is 0 Å². The molecular formula is C10H19O4-. The standard InChI is InChI=1S/C6H10O4.C4H10/c1-2-3-10-6(9)4-5(7)8;1-3-4-2/h2-4H2,1H3,(H,7,8);3-4H2,1-2H3/p-1. The molecule has 0 saturated carbocycles. The molecule has 0 aromatic heterocycles. The summed E-state index contributed by atoms with van der Waals surface area (Å²) in [5, 5.41) is 9.76. The summed E-state index contributed by atoms with van der Waals surface area (Å²) in [7, 11) is 0. The molecular weight excluding hydrogens is 184 g/mol.